The van der Waals surface area contributed by atoms with Crippen LogP contribution in [0, 0.1) is 0 Å². The molecule has 0 aromatic heterocycles. The Kier molecular flexibility index (Phi) is 6.12. The summed E-state index contributed by atoms with van der Waals surface area (Å²) in [5, 5.41) is 3.48. The third-order valence-corrected chi connectivity index (χ3v) is 3.12. The molecule has 1 rings (SSSR count). The topological polar surface area (TPSA) is 56.5 Å². The molecule has 0 heterocycles. The summed E-state index contributed by atoms with van der Waals surface area (Å²) in [6.45, 7) is 11.4. The van der Waals surface area contributed by atoms with Crippen LogP contribution in [0.2, 0.25) is 0 Å². The molecular formula is C13H26N2O2. The molecular weight excluding hydrogens is 216 g/mol. The van der Waals surface area contributed by atoms with Crippen LogP contribution >= 0.6 is 0 Å². The Hall–Kier alpha value is -0.420. The minimum Gasteiger partial charge on any atom is -0.378 e. The summed E-state index contributed by atoms with van der Waals surface area (Å²) < 4.78 is 11.0. The molecule has 1 aliphatic rings. The highest BCUT2D eigenvalue weighted by Gasteiger charge is 2.43. The number of hydrogen-bond donors (Lipinski definition) is 2. The standard InChI is InChI=1S/C13H26N2O2/c1-4-17-12-7-13(8-12,10-14)15-5-6-16-9-11(2)3/h12,15H,2,4-10,14H2,1,3H3. The molecule has 100 valence electrons. The Labute approximate surface area is 105 Å². The van der Waals surface area contributed by atoms with E-state index in [1.807, 2.05) is 13.8 Å². The van der Waals surface area contributed by atoms with E-state index in [2.05, 4.69) is 11.9 Å². The van der Waals surface area contributed by atoms with E-state index in [-0.39, 0.29) is 5.54 Å². The summed E-state index contributed by atoms with van der Waals surface area (Å²) in [7, 11) is 0. The van der Waals surface area contributed by atoms with Gasteiger partial charge in [0.2, 0.25) is 0 Å². The molecule has 0 aromatic carbocycles. The minimum absolute atomic E-state index is 0.0758. The minimum atomic E-state index is 0.0758. The van der Waals surface area contributed by atoms with Gasteiger partial charge >= 0.3 is 0 Å². The highest BCUT2D eigenvalue weighted by molar-refractivity contribution is 5.02. The first-order valence-electron chi connectivity index (χ1n) is 6.40. The van der Waals surface area contributed by atoms with Crippen molar-refractivity contribution in [3.63, 3.8) is 0 Å². The average molecular weight is 242 g/mol. The molecule has 17 heavy (non-hydrogen) atoms. The van der Waals surface area contributed by atoms with Gasteiger partial charge in [-0.25, -0.2) is 0 Å². The van der Waals surface area contributed by atoms with Gasteiger partial charge in [-0.05, 0) is 26.7 Å². The van der Waals surface area contributed by atoms with E-state index in [1.54, 1.807) is 0 Å². The van der Waals surface area contributed by atoms with Gasteiger partial charge in [-0.1, -0.05) is 12.2 Å². The van der Waals surface area contributed by atoms with Crippen LogP contribution in [0.5, 0.6) is 0 Å². The smallest absolute Gasteiger partial charge is 0.0672 e. The van der Waals surface area contributed by atoms with Crippen LogP contribution in [-0.2, 0) is 9.47 Å². The summed E-state index contributed by atoms with van der Waals surface area (Å²) in [5.41, 5.74) is 6.95. The first kappa shape index (κ1) is 14.6. The van der Waals surface area contributed by atoms with E-state index in [4.69, 9.17) is 15.2 Å². The maximum Gasteiger partial charge on any atom is 0.0672 e. The van der Waals surface area contributed by atoms with E-state index in [0.717, 1.165) is 31.6 Å². The lowest BCUT2D eigenvalue weighted by Crippen LogP contribution is -2.63. The normalized spacial score (nSPS) is 27.8. The van der Waals surface area contributed by atoms with Crippen molar-refractivity contribution < 1.29 is 9.47 Å². The van der Waals surface area contributed by atoms with Gasteiger partial charge in [0.25, 0.3) is 0 Å². The van der Waals surface area contributed by atoms with Crippen molar-refractivity contribution in [2.75, 3.05) is 32.9 Å². The number of nitrogens with one attached hydrogen (secondary N) is 1. The highest BCUT2D eigenvalue weighted by Crippen LogP contribution is 2.33. The summed E-state index contributed by atoms with van der Waals surface area (Å²) in [6.07, 6.45) is 2.41. The van der Waals surface area contributed by atoms with Crippen molar-refractivity contribution in [3.05, 3.63) is 12.2 Å². The molecule has 0 aromatic rings. The third kappa shape index (κ3) is 4.76. The summed E-state index contributed by atoms with van der Waals surface area (Å²) in [4.78, 5) is 0. The van der Waals surface area contributed by atoms with Gasteiger partial charge in [0.1, 0.15) is 0 Å². The maximum atomic E-state index is 5.82. The van der Waals surface area contributed by atoms with Crippen molar-refractivity contribution in [2.45, 2.75) is 38.3 Å². The molecule has 0 atom stereocenters. The van der Waals surface area contributed by atoms with E-state index >= 15 is 0 Å². The zero-order valence-electron chi connectivity index (χ0n) is 11.1. The molecule has 0 bridgehead atoms. The van der Waals surface area contributed by atoms with Crippen molar-refractivity contribution in [3.8, 4) is 0 Å². The summed E-state index contributed by atoms with van der Waals surface area (Å²) >= 11 is 0. The second-order valence-electron chi connectivity index (χ2n) is 4.91. The van der Waals surface area contributed by atoms with Gasteiger partial charge in [-0.2, -0.15) is 0 Å². The first-order valence-corrected chi connectivity index (χ1v) is 6.40. The molecule has 1 saturated carbocycles. The zero-order valence-corrected chi connectivity index (χ0v) is 11.1. The van der Waals surface area contributed by atoms with Gasteiger partial charge in [0, 0.05) is 25.2 Å². The van der Waals surface area contributed by atoms with Crippen molar-refractivity contribution in [1.82, 2.24) is 5.32 Å². The van der Waals surface area contributed by atoms with E-state index in [1.165, 1.54) is 0 Å². The number of rotatable bonds is 9. The third-order valence-electron chi connectivity index (χ3n) is 3.12. The summed E-state index contributed by atoms with van der Waals surface area (Å²) in [5.74, 6) is 0. The lowest BCUT2D eigenvalue weighted by molar-refractivity contribution is -0.0491. The van der Waals surface area contributed by atoms with Crippen LogP contribution in [0.1, 0.15) is 26.7 Å². The molecule has 0 unspecified atom stereocenters. The number of hydrogen-bond acceptors (Lipinski definition) is 4. The highest BCUT2D eigenvalue weighted by atomic mass is 16.5. The van der Waals surface area contributed by atoms with Gasteiger partial charge in [0.15, 0.2) is 0 Å². The fourth-order valence-corrected chi connectivity index (χ4v) is 2.18. The largest absolute Gasteiger partial charge is 0.378 e. The molecule has 3 N–H and O–H groups in total. The molecule has 0 amide bonds. The van der Waals surface area contributed by atoms with Crippen molar-refractivity contribution in [2.24, 2.45) is 5.73 Å². The van der Waals surface area contributed by atoms with Gasteiger partial charge in [-0.3, -0.25) is 0 Å². The quantitative estimate of drug-likeness (QED) is 0.469. The molecule has 0 saturated heterocycles. The molecule has 0 spiro atoms. The molecule has 4 nitrogen and oxygen atoms in total. The number of nitrogens with two attached hydrogens (primary N) is 1. The average Bonchev–Trinajstić information content (AvgIpc) is 2.24. The van der Waals surface area contributed by atoms with Crippen LogP contribution < -0.4 is 11.1 Å². The van der Waals surface area contributed by atoms with Crippen LogP contribution in [0.3, 0.4) is 0 Å². The maximum absolute atomic E-state index is 5.82. The SMILES string of the molecule is C=C(C)COCCNC1(CN)CC(OCC)C1. The van der Waals surface area contributed by atoms with Crippen LogP contribution in [0.15, 0.2) is 12.2 Å². The first-order chi connectivity index (χ1) is 8.12. The Bertz CT molecular complexity index is 238. The van der Waals surface area contributed by atoms with Gasteiger partial charge < -0.3 is 20.5 Å². The molecule has 1 fully saturated rings. The predicted molar refractivity (Wildman–Crippen MR) is 70.1 cm³/mol. The molecule has 4 heteroatoms. The monoisotopic (exact) mass is 242 g/mol. The zero-order chi connectivity index (χ0) is 12.7. The van der Waals surface area contributed by atoms with Crippen LogP contribution in [-0.4, -0.2) is 44.6 Å². The Morgan fingerprint density at radius 3 is 2.76 bits per heavy atom. The van der Waals surface area contributed by atoms with Gasteiger partial charge in [0.05, 0.1) is 19.3 Å². The lowest BCUT2D eigenvalue weighted by atomic mass is 9.74. The molecule has 0 aliphatic heterocycles. The second kappa shape index (κ2) is 7.11. The van der Waals surface area contributed by atoms with Crippen LogP contribution in [0.25, 0.3) is 0 Å². The predicted octanol–water partition coefficient (Wildman–Crippen LogP) is 1.07. The van der Waals surface area contributed by atoms with Gasteiger partial charge in [-0.15, -0.1) is 0 Å². The van der Waals surface area contributed by atoms with E-state index in [9.17, 15) is 0 Å². The second-order valence-corrected chi connectivity index (χ2v) is 4.91. The Balaban J connectivity index is 2.10. The Morgan fingerprint density at radius 2 is 2.24 bits per heavy atom. The Morgan fingerprint density at radius 1 is 1.53 bits per heavy atom. The summed E-state index contributed by atoms with van der Waals surface area (Å²) in [6, 6.07) is 0. The number of ether oxygens (including phenoxy) is 2. The fourth-order valence-electron chi connectivity index (χ4n) is 2.18. The molecule has 0 radical (unpaired) electrons. The van der Waals surface area contributed by atoms with E-state index < -0.39 is 0 Å². The van der Waals surface area contributed by atoms with Crippen molar-refractivity contribution >= 4 is 0 Å². The fraction of sp³-hybridized carbons (Fsp3) is 0.846. The lowest BCUT2D eigenvalue weighted by Gasteiger charge is -2.47. The van der Waals surface area contributed by atoms with Crippen LogP contribution in [0.4, 0.5) is 0 Å². The molecule has 1 aliphatic carbocycles. The van der Waals surface area contributed by atoms with E-state index in [0.29, 0.717) is 25.9 Å². The van der Waals surface area contributed by atoms with Crippen molar-refractivity contribution in [1.29, 1.82) is 0 Å².